The van der Waals surface area contributed by atoms with E-state index in [0.29, 0.717) is 10.8 Å². The van der Waals surface area contributed by atoms with Gasteiger partial charge in [0.25, 0.3) is 0 Å². The third-order valence-electron chi connectivity index (χ3n) is 4.06. The van der Waals surface area contributed by atoms with E-state index in [1.54, 1.807) is 26.9 Å². The smallest absolute Gasteiger partial charge is 0.280 e. The van der Waals surface area contributed by atoms with E-state index in [4.69, 9.17) is 0 Å². The van der Waals surface area contributed by atoms with Crippen LogP contribution in [0.4, 0.5) is 0 Å². The van der Waals surface area contributed by atoms with Crippen LogP contribution in [0, 0.1) is 0 Å². The molecule has 0 amide bonds. The summed E-state index contributed by atoms with van der Waals surface area (Å²) in [4.78, 5) is 12.7. The standard InChI is InChI=1S/C20H16N4OS/c1-2-15-8-10-16(11-9-15)14-26-20-22-21-18-19(25)23(12-13-24(18)20)17-6-4-3-5-7-17/h2-13H,1,14H2. The van der Waals surface area contributed by atoms with Gasteiger partial charge in [-0.25, -0.2) is 0 Å². The van der Waals surface area contributed by atoms with Gasteiger partial charge in [-0.1, -0.05) is 66.9 Å². The number of rotatable bonds is 5. The summed E-state index contributed by atoms with van der Waals surface area (Å²) in [7, 11) is 0. The molecular formula is C20H16N4OS. The summed E-state index contributed by atoms with van der Waals surface area (Å²) in [6, 6.07) is 17.7. The first kappa shape index (κ1) is 16.4. The highest BCUT2D eigenvalue weighted by molar-refractivity contribution is 7.98. The Morgan fingerprint density at radius 2 is 1.77 bits per heavy atom. The lowest BCUT2D eigenvalue weighted by atomic mass is 10.1. The molecule has 0 spiro atoms. The second-order valence-corrected chi connectivity index (χ2v) is 6.66. The molecule has 0 aliphatic rings. The van der Waals surface area contributed by atoms with Crippen LogP contribution in [0.5, 0.6) is 0 Å². The number of fused-ring (bicyclic) bond motifs is 1. The lowest BCUT2D eigenvalue weighted by Gasteiger charge is -2.06. The highest BCUT2D eigenvalue weighted by Gasteiger charge is 2.12. The number of benzene rings is 2. The predicted octanol–water partition coefficient (Wildman–Crippen LogP) is 3.82. The lowest BCUT2D eigenvalue weighted by molar-refractivity contribution is 0.893. The minimum absolute atomic E-state index is 0.187. The summed E-state index contributed by atoms with van der Waals surface area (Å²) in [5.41, 5.74) is 3.21. The fourth-order valence-electron chi connectivity index (χ4n) is 2.65. The summed E-state index contributed by atoms with van der Waals surface area (Å²) in [5, 5.41) is 8.97. The molecule has 6 heteroatoms. The molecule has 0 fully saturated rings. The monoisotopic (exact) mass is 360 g/mol. The maximum Gasteiger partial charge on any atom is 0.300 e. The fourth-order valence-corrected chi connectivity index (χ4v) is 3.53. The second kappa shape index (κ2) is 7.01. The van der Waals surface area contributed by atoms with Crippen molar-refractivity contribution in [1.29, 1.82) is 0 Å². The van der Waals surface area contributed by atoms with Gasteiger partial charge in [-0.15, -0.1) is 10.2 Å². The van der Waals surface area contributed by atoms with Gasteiger partial charge >= 0.3 is 5.56 Å². The molecule has 2 aromatic heterocycles. The molecule has 0 bridgehead atoms. The van der Waals surface area contributed by atoms with E-state index in [1.807, 2.05) is 54.7 Å². The van der Waals surface area contributed by atoms with Crippen molar-refractivity contribution in [3.05, 3.63) is 95.1 Å². The lowest BCUT2D eigenvalue weighted by Crippen LogP contribution is -2.20. The van der Waals surface area contributed by atoms with Crippen LogP contribution in [0.1, 0.15) is 11.1 Å². The maximum absolute atomic E-state index is 12.7. The highest BCUT2D eigenvalue weighted by atomic mass is 32.2. The molecule has 2 aromatic carbocycles. The van der Waals surface area contributed by atoms with Crippen molar-refractivity contribution in [2.75, 3.05) is 0 Å². The minimum Gasteiger partial charge on any atom is -0.280 e. The van der Waals surface area contributed by atoms with E-state index in [0.717, 1.165) is 17.0 Å². The molecule has 128 valence electrons. The Balaban J connectivity index is 1.62. The van der Waals surface area contributed by atoms with E-state index in [-0.39, 0.29) is 5.56 Å². The third-order valence-corrected chi connectivity index (χ3v) is 5.07. The maximum atomic E-state index is 12.7. The molecule has 2 heterocycles. The summed E-state index contributed by atoms with van der Waals surface area (Å²) in [5.74, 6) is 0.750. The molecule has 0 radical (unpaired) electrons. The molecule has 0 N–H and O–H groups in total. The van der Waals surface area contributed by atoms with Gasteiger partial charge in [-0.2, -0.15) is 0 Å². The van der Waals surface area contributed by atoms with Gasteiger partial charge in [0.1, 0.15) is 0 Å². The van der Waals surface area contributed by atoms with Crippen molar-refractivity contribution < 1.29 is 0 Å². The number of para-hydroxylation sites is 1. The van der Waals surface area contributed by atoms with Crippen LogP contribution in [-0.2, 0) is 5.75 Å². The number of aromatic nitrogens is 4. The van der Waals surface area contributed by atoms with E-state index in [9.17, 15) is 4.79 Å². The van der Waals surface area contributed by atoms with E-state index in [2.05, 4.69) is 28.9 Å². The molecule has 0 atom stereocenters. The SMILES string of the molecule is C=Cc1ccc(CSc2nnc3c(=O)n(-c4ccccc4)ccn23)cc1. The largest absolute Gasteiger partial charge is 0.300 e. The van der Waals surface area contributed by atoms with Crippen LogP contribution in [0.3, 0.4) is 0 Å². The van der Waals surface area contributed by atoms with Crippen LogP contribution in [0.25, 0.3) is 17.4 Å². The van der Waals surface area contributed by atoms with E-state index >= 15 is 0 Å². The summed E-state index contributed by atoms with van der Waals surface area (Å²) < 4.78 is 3.32. The fraction of sp³-hybridized carbons (Fsp3) is 0.0500. The first-order chi connectivity index (χ1) is 12.8. The van der Waals surface area contributed by atoms with Gasteiger partial charge in [0, 0.05) is 23.8 Å². The zero-order valence-electron chi connectivity index (χ0n) is 13.9. The van der Waals surface area contributed by atoms with Crippen molar-refractivity contribution in [1.82, 2.24) is 19.2 Å². The molecule has 4 rings (SSSR count). The molecule has 0 unspecified atom stereocenters. The van der Waals surface area contributed by atoms with Crippen molar-refractivity contribution in [3.8, 4) is 5.69 Å². The van der Waals surface area contributed by atoms with Gasteiger partial charge in [-0.3, -0.25) is 13.8 Å². The van der Waals surface area contributed by atoms with Crippen LogP contribution in [-0.4, -0.2) is 19.2 Å². The van der Waals surface area contributed by atoms with Crippen LogP contribution in [0.15, 0.2) is 83.5 Å². The molecule has 0 aliphatic carbocycles. The Labute approximate surface area is 154 Å². The minimum atomic E-state index is -0.187. The molecule has 5 nitrogen and oxygen atoms in total. The van der Waals surface area contributed by atoms with Gasteiger partial charge < -0.3 is 0 Å². The van der Waals surface area contributed by atoms with Crippen LogP contribution in [0.2, 0.25) is 0 Å². The van der Waals surface area contributed by atoms with Gasteiger partial charge in [0.05, 0.1) is 0 Å². The summed E-state index contributed by atoms with van der Waals surface area (Å²) in [6.07, 6.45) is 5.39. The van der Waals surface area contributed by atoms with Crippen molar-refractivity contribution >= 4 is 23.5 Å². The van der Waals surface area contributed by atoms with Crippen molar-refractivity contribution in [2.45, 2.75) is 10.9 Å². The molecular weight excluding hydrogens is 344 g/mol. The average molecular weight is 360 g/mol. The first-order valence-corrected chi connectivity index (χ1v) is 9.11. The normalized spacial score (nSPS) is 10.9. The molecule has 0 saturated carbocycles. The Morgan fingerprint density at radius 1 is 1.00 bits per heavy atom. The Morgan fingerprint density at radius 3 is 2.50 bits per heavy atom. The second-order valence-electron chi connectivity index (χ2n) is 5.72. The molecule has 26 heavy (non-hydrogen) atoms. The van der Waals surface area contributed by atoms with Crippen molar-refractivity contribution in [3.63, 3.8) is 0 Å². The van der Waals surface area contributed by atoms with Crippen LogP contribution < -0.4 is 5.56 Å². The quantitative estimate of drug-likeness (QED) is 0.508. The van der Waals surface area contributed by atoms with Gasteiger partial charge in [0.2, 0.25) is 5.65 Å². The first-order valence-electron chi connectivity index (χ1n) is 8.12. The Bertz CT molecular complexity index is 1110. The van der Waals surface area contributed by atoms with Crippen molar-refractivity contribution in [2.24, 2.45) is 0 Å². The zero-order valence-corrected chi connectivity index (χ0v) is 14.8. The topological polar surface area (TPSA) is 52.2 Å². The van der Waals surface area contributed by atoms with E-state index < -0.39 is 0 Å². The van der Waals surface area contributed by atoms with Crippen LogP contribution >= 0.6 is 11.8 Å². The summed E-state index contributed by atoms with van der Waals surface area (Å²) >= 11 is 1.55. The Kier molecular flexibility index (Phi) is 4.41. The van der Waals surface area contributed by atoms with Gasteiger partial charge in [-0.05, 0) is 23.3 Å². The summed E-state index contributed by atoms with van der Waals surface area (Å²) in [6.45, 7) is 3.76. The Hall–Kier alpha value is -3.12. The number of hydrogen-bond acceptors (Lipinski definition) is 4. The van der Waals surface area contributed by atoms with E-state index in [1.165, 1.54) is 5.56 Å². The zero-order chi connectivity index (χ0) is 17.9. The third kappa shape index (κ3) is 3.07. The number of nitrogens with zero attached hydrogens (tertiary/aromatic N) is 4. The number of thioether (sulfide) groups is 1. The highest BCUT2D eigenvalue weighted by Crippen LogP contribution is 2.21. The predicted molar refractivity (Wildman–Crippen MR) is 105 cm³/mol. The average Bonchev–Trinajstić information content (AvgIpc) is 3.12. The molecule has 0 saturated heterocycles. The van der Waals surface area contributed by atoms with Gasteiger partial charge in [0.15, 0.2) is 5.16 Å². The molecule has 0 aliphatic heterocycles. The number of hydrogen-bond donors (Lipinski definition) is 0. The molecule has 4 aromatic rings.